The van der Waals surface area contributed by atoms with Crippen LogP contribution in [0.2, 0.25) is 0 Å². The number of anilines is 1. The number of para-hydroxylation sites is 4. The number of hydrogen-bond donors (Lipinski definition) is 0. The fourth-order valence-corrected chi connectivity index (χ4v) is 3.13. The summed E-state index contributed by atoms with van der Waals surface area (Å²) in [6, 6.07) is 16.0. The van der Waals surface area contributed by atoms with E-state index in [1.807, 2.05) is 36.4 Å². The van der Waals surface area contributed by atoms with E-state index in [0.717, 1.165) is 50.0 Å². The van der Waals surface area contributed by atoms with Crippen LogP contribution in [0.15, 0.2) is 48.5 Å². The maximum absolute atomic E-state index is 5.88. The van der Waals surface area contributed by atoms with E-state index in [4.69, 9.17) is 14.2 Å². The third-order valence-electron chi connectivity index (χ3n) is 4.53. The van der Waals surface area contributed by atoms with Crippen molar-refractivity contribution < 1.29 is 14.2 Å². The Balaban J connectivity index is 1.47. The van der Waals surface area contributed by atoms with Crippen molar-refractivity contribution in [3.05, 3.63) is 48.5 Å². The number of piperazine rings is 1. The van der Waals surface area contributed by atoms with Crippen molar-refractivity contribution in [1.82, 2.24) is 4.90 Å². The minimum absolute atomic E-state index is 0.662. The van der Waals surface area contributed by atoms with E-state index in [1.54, 1.807) is 14.2 Å². The van der Waals surface area contributed by atoms with Gasteiger partial charge < -0.3 is 19.1 Å². The van der Waals surface area contributed by atoms with E-state index in [1.165, 1.54) is 5.69 Å². The van der Waals surface area contributed by atoms with Crippen LogP contribution in [0.4, 0.5) is 5.69 Å². The molecule has 3 rings (SSSR count). The highest BCUT2D eigenvalue weighted by molar-refractivity contribution is 5.58. The molecule has 134 valence electrons. The molecule has 1 aliphatic rings. The van der Waals surface area contributed by atoms with Gasteiger partial charge in [0.2, 0.25) is 0 Å². The number of hydrogen-bond acceptors (Lipinski definition) is 5. The lowest BCUT2D eigenvalue weighted by Gasteiger charge is -2.36. The van der Waals surface area contributed by atoms with Crippen LogP contribution in [0.1, 0.15) is 0 Å². The number of benzene rings is 2. The fraction of sp³-hybridized carbons (Fsp3) is 0.400. The number of methoxy groups -OCH3 is 2. The predicted octanol–water partition coefficient (Wildman–Crippen LogP) is 2.90. The van der Waals surface area contributed by atoms with E-state index in [2.05, 4.69) is 21.9 Å². The molecule has 1 saturated heterocycles. The second kappa shape index (κ2) is 8.62. The summed E-state index contributed by atoms with van der Waals surface area (Å²) in [5.41, 5.74) is 1.18. The molecule has 0 spiro atoms. The third kappa shape index (κ3) is 4.37. The second-order valence-electron chi connectivity index (χ2n) is 6.00. The van der Waals surface area contributed by atoms with Crippen LogP contribution in [0.3, 0.4) is 0 Å². The molecule has 0 aliphatic carbocycles. The van der Waals surface area contributed by atoms with Crippen molar-refractivity contribution in [1.29, 1.82) is 0 Å². The molecule has 0 bridgehead atoms. The van der Waals surface area contributed by atoms with Crippen LogP contribution in [0.5, 0.6) is 17.2 Å². The van der Waals surface area contributed by atoms with Crippen molar-refractivity contribution in [2.45, 2.75) is 0 Å². The largest absolute Gasteiger partial charge is 0.495 e. The summed E-state index contributed by atoms with van der Waals surface area (Å²) < 4.78 is 16.7. The van der Waals surface area contributed by atoms with Gasteiger partial charge in [-0.15, -0.1) is 0 Å². The van der Waals surface area contributed by atoms with E-state index >= 15 is 0 Å². The molecule has 0 amide bonds. The number of rotatable bonds is 7. The predicted molar refractivity (Wildman–Crippen MR) is 100 cm³/mol. The van der Waals surface area contributed by atoms with Crippen LogP contribution in [0, 0.1) is 0 Å². The summed E-state index contributed by atoms with van der Waals surface area (Å²) in [6.07, 6.45) is 0. The number of ether oxygens (including phenoxy) is 3. The summed E-state index contributed by atoms with van der Waals surface area (Å²) in [5, 5.41) is 0. The minimum Gasteiger partial charge on any atom is -0.495 e. The topological polar surface area (TPSA) is 34.2 Å². The van der Waals surface area contributed by atoms with E-state index in [0.29, 0.717) is 6.61 Å². The molecule has 0 N–H and O–H groups in total. The molecule has 5 heteroatoms. The average molecular weight is 342 g/mol. The zero-order valence-corrected chi connectivity index (χ0v) is 15.0. The Morgan fingerprint density at radius 3 is 2.04 bits per heavy atom. The lowest BCUT2D eigenvalue weighted by atomic mass is 10.2. The van der Waals surface area contributed by atoms with Crippen molar-refractivity contribution >= 4 is 5.69 Å². The van der Waals surface area contributed by atoms with Gasteiger partial charge in [0, 0.05) is 32.7 Å². The van der Waals surface area contributed by atoms with E-state index in [-0.39, 0.29) is 0 Å². The van der Waals surface area contributed by atoms with Gasteiger partial charge in [-0.05, 0) is 24.3 Å². The first-order valence-electron chi connectivity index (χ1n) is 8.68. The zero-order chi connectivity index (χ0) is 17.5. The molecule has 25 heavy (non-hydrogen) atoms. The SMILES string of the molecule is COc1ccccc1OCCN1CCN(c2ccccc2OC)CC1. The standard InChI is InChI=1S/C20H26N2O3/c1-23-18-8-4-3-7-17(18)22-13-11-21(12-14-22)15-16-25-20-10-6-5-9-19(20)24-2/h3-10H,11-16H2,1-2H3. The molecule has 1 heterocycles. The summed E-state index contributed by atoms with van der Waals surface area (Å²) in [5.74, 6) is 2.52. The second-order valence-corrected chi connectivity index (χ2v) is 6.00. The van der Waals surface area contributed by atoms with Crippen LogP contribution in [-0.2, 0) is 0 Å². The first-order valence-corrected chi connectivity index (χ1v) is 8.68. The van der Waals surface area contributed by atoms with Gasteiger partial charge in [0.15, 0.2) is 11.5 Å². The van der Waals surface area contributed by atoms with Crippen molar-refractivity contribution in [3.63, 3.8) is 0 Å². The summed E-state index contributed by atoms with van der Waals surface area (Å²) in [6.45, 7) is 5.61. The summed E-state index contributed by atoms with van der Waals surface area (Å²) >= 11 is 0. The summed E-state index contributed by atoms with van der Waals surface area (Å²) in [7, 11) is 3.39. The Morgan fingerprint density at radius 1 is 0.760 bits per heavy atom. The van der Waals surface area contributed by atoms with Crippen LogP contribution in [-0.4, -0.2) is 58.5 Å². The third-order valence-corrected chi connectivity index (χ3v) is 4.53. The lowest BCUT2D eigenvalue weighted by molar-refractivity contribution is 0.196. The van der Waals surface area contributed by atoms with Crippen LogP contribution >= 0.6 is 0 Å². The van der Waals surface area contributed by atoms with Crippen LogP contribution in [0.25, 0.3) is 0 Å². The molecule has 5 nitrogen and oxygen atoms in total. The maximum atomic E-state index is 5.88. The van der Waals surface area contributed by atoms with Crippen molar-refractivity contribution in [2.75, 3.05) is 58.5 Å². The van der Waals surface area contributed by atoms with Crippen LogP contribution < -0.4 is 19.1 Å². The number of nitrogens with zero attached hydrogens (tertiary/aromatic N) is 2. The van der Waals surface area contributed by atoms with Gasteiger partial charge >= 0.3 is 0 Å². The molecular formula is C20H26N2O3. The van der Waals surface area contributed by atoms with Gasteiger partial charge in [0.1, 0.15) is 12.4 Å². The van der Waals surface area contributed by atoms with Crippen molar-refractivity contribution in [2.24, 2.45) is 0 Å². The van der Waals surface area contributed by atoms with Gasteiger partial charge in [-0.3, -0.25) is 4.90 Å². The Kier molecular flexibility index (Phi) is 6.01. The first kappa shape index (κ1) is 17.4. The highest BCUT2D eigenvalue weighted by Crippen LogP contribution is 2.28. The van der Waals surface area contributed by atoms with Gasteiger partial charge in [0.05, 0.1) is 19.9 Å². The van der Waals surface area contributed by atoms with Gasteiger partial charge in [0.25, 0.3) is 0 Å². The molecule has 2 aromatic rings. The Labute approximate surface area is 149 Å². The van der Waals surface area contributed by atoms with Gasteiger partial charge in [-0.2, -0.15) is 0 Å². The Morgan fingerprint density at radius 2 is 1.36 bits per heavy atom. The fourth-order valence-electron chi connectivity index (χ4n) is 3.13. The molecule has 0 radical (unpaired) electrons. The molecule has 1 fully saturated rings. The smallest absolute Gasteiger partial charge is 0.161 e. The molecule has 0 saturated carbocycles. The lowest BCUT2D eigenvalue weighted by Crippen LogP contribution is -2.47. The molecule has 2 aromatic carbocycles. The maximum Gasteiger partial charge on any atom is 0.161 e. The highest BCUT2D eigenvalue weighted by Gasteiger charge is 2.19. The average Bonchev–Trinajstić information content (AvgIpc) is 2.69. The molecular weight excluding hydrogens is 316 g/mol. The molecule has 0 unspecified atom stereocenters. The molecule has 0 aromatic heterocycles. The Hall–Kier alpha value is -2.40. The van der Waals surface area contributed by atoms with E-state index < -0.39 is 0 Å². The Bertz CT molecular complexity index is 667. The normalized spacial score (nSPS) is 15.0. The minimum atomic E-state index is 0.662. The zero-order valence-electron chi connectivity index (χ0n) is 15.0. The molecule has 1 aliphatic heterocycles. The van der Waals surface area contributed by atoms with Gasteiger partial charge in [-0.1, -0.05) is 24.3 Å². The van der Waals surface area contributed by atoms with Gasteiger partial charge in [-0.25, -0.2) is 0 Å². The molecule has 0 atom stereocenters. The quantitative estimate of drug-likeness (QED) is 0.773. The van der Waals surface area contributed by atoms with E-state index in [9.17, 15) is 0 Å². The summed E-state index contributed by atoms with van der Waals surface area (Å²) in [4.78, 5) is 4.82. The highest BCUT2D eigenvalue weighted by atomic mass is 16.5. The van der Waals surface area contributed by atoms with Crippen molar-refractivity contribution in [3.8, 4) is 17.2 Å². The first-order chi connectivity index (χ1) is 12.3. The monoisotopic (exact) mass is 342 g/mol.